The molecule has 14 heavy (non-hydrogen) atoms. The molecule has 1 rings (SSSR count). The minimum absolute atomic E-state index is 0.477. The maximum absolute atomic E-state index is 5.80. The summed E-state index contributed by atoms with van der Waals surface area (Å²) >= 11 is 5.80. The molecule has 78 valence electrons. The Morgan fingerprint density at radius 1 is 1.57 bits per heavy atom. The molecule has 0 saturated carbocycles. The summed E-state index contributed by atoms with van der Waals surface area (Å²) < 4.78 is 0. The highest BCUT2D eigenvalue weighted by Gasteiger charge is 2.03. The molecule has 0 atom stereocenters. The van der Waals surface area contributed by atoms with E-state index in [1.54, 1.807) is 6.20 Å². The minimum atomic E-state index is 0.477. The molecule has 3 nitrogen and oxygen atoms in total. The zero-order valence-corrected chi connectivity index (χ0v) is 9.30. The first-order chi connectivity index (χ1) is 6.63. The van der Waals surface area contributed by atoms with Crippen molar-refractivity contribution in [2.24, 2.45) is 11.7 Å². The van der Waals surface area contributed by atoms with Gasteiger partial charge in [-0.25, -0.2) is 4.98 Å². The average Bonchev–Trinajstić information content (AvgIpc) is 2.15. The number of halogens is 1. The molecule has 4 heteroatoms. The molecule has 1 heterocycles. The van der Waals surface area contributed by atoms with E-state index in [0.717, 1.165) is 17.8 Å². The Labute approximate surface area is 89.7 Å². The van der Waals surface area contributed by atoms with Crippen molar-refractivity contribution in [2.45, 2.75) is 20.4 Å². The third kappa shape index (κ3) is 3.16. The molecule has 3 N–H and O–H groups in total. The molecular formula is C10H16ClN3. The van der Waals surface area contributed by atoms with Crippen LogP contribution in [-0.2, 0) is 6.54 Å². The second-order valence-electron chi connectivity index (χ2n) is 3.64. The topological polar surface area (TPSA) is 50.9 Å². The van der Waals surface area contributed by atoms with Gasteiger partial charge in [0.1, 0.15) is 5.15 Å². The Kier molecular flexibility index (Phi) is 4.17. The van der Waals surface area contributed by atoms with Crippen molar-refractivity contribution < 1.29 is 0 Å². The van der Waals surface area contributed by atoms with Gasteiger partial charge < -0.3 is 11.1 Å². The summed E-state index contributed by atoms with van der Waals surface area (Å²) in [6.45, 7) is 5.69. The van der Waals surface area contributed by atoms with E-state index >= 15 is 0 Å². The Morgan fingerprint density at radius 3 is 2.86 bits per heavy atom. The molecule has 1 aromatic rings. The highest BCUT2D eigenvalue weighted by Crippen LogP contribution is 2.18. The normalized spacial score (nSPS) is 10.6. The number of rotatable bonds is 4. The fourth-order valence-corrected chi connectivity index (χ4v) is 1.26. The molecular weight excluding hydrogens is 198 g/mol. The lowest BCUT2D eigenvalue weighted by Gasteiger charge is -2.12. The lowest BCUT2D eigenvalue weighted by Crippen LogP contribution is -2.11. The van der Waals surface area contributed by atoms with Crippen molar-refractivity contribution >= 4 is 17.3 Å². The fourth-order valence-electron chi connectivity index (χ4n) is 1.10. The van der Waals surface area contributed by atoms with Crippen LogP contribution in [0.1, 0.15) is 19.4 Å². The quantitative estimate of drug-likeness (QED) is 0.755. The summed E-state index contributed by atoms with van der Waals surface area (Å²) in [5.41, 5.74) is 7.57. The van der Waals surface area contributed by atoms with Crippen LogP contribution in [0.25, 0.3) is 0 Å². The monoisotopic (exact) mass is 213 g/mol. The zero-order chi connectivity index (χ0) is 10.6. The first-order valence-corrected chi connectivity index (χ1v) is 5.09. The zero-order valence-electron chi connectivity index (χ0n) is 8.55. The van der Waals surface area contributed by atoms with Gasteiger partial charge in [-0.15, -0.1) is 0 Å². The number of nitrogens with zero attached hydrogens (tertiary/aromatic N) is 1. The van der Waals surface area contributed by atoms with Gasteiger partial charge in [0, 0.05) is 30.5 Å². The van der Waals surface area contributed by atoms with Gasteiger partial charge in [0.2, 0.25) is 0 Å². The molecule has 0 unspecified atom stereocenters. The first kappa shape index (κ1) is 11.3. The van der Waals surface area contributed by atoms with Crippen LogP contribution in [0.2, 0.25) is 5.15 Å². The Hall–Kier alpha value is -0.800. The number of hydrogen-bond acceptors (Lipinski definition) is 3. The van der Waals surface area contributed by atoms with Gasteiger partial charge in [-0.2, -0.15) is 0 Å². The van der Waals surface area contributed by atoms with Crippen molar-refractivity contribution in [2.75, 3.05) is 11.9 Å². The maximum Gasteiger partial charge on any atom is 0.131 e. The van der Waals surface area contributed by atoms with E-state index < -0.39 is 0 Å². The third-order valence-corrected chi connectivity index (χ3v) is 2.08. The molecule has 0 amide bonds. The molecule has 0 bridgehead atoms. The minimum Gasteiger partial charge on any atom is -0.384 e. The van der Waals surface area contributed by atoms with Gasteiger partial charge >= 0.3 is 0 Å². The Morgan fingerprint density at radius 2 is 2.29 bits per heavy atom. The molecule has 0 aliphatic heterocycles. The van der Waals surface area contributed by atoms with Gasteiger partial charge in [-0.3, -0.25) is 0 Å². The van der Waals surface area contributed by atoms with Crippen LogP contribution in [0.3, 0.4) is 0 Å². The lowest BCUT2D eigenvalue weighted by atomic mass is 10.2. The smallest absolute Gasteiger partial charge is 0.131 e. The van der Waals surface area contributed by atoms with Gasteiger partial charge in [-0.05, 0) is 12.0 Å². The third-order valence-electron chi connectivity index (χ3n) is 1.87. The van der Waals surface area contributed by atoms with Gasteiger partial charge in [0.05, 0.1) is 0 Å². The molecule has 1 aromatic heterocycles. The van der Waals surface area contributed by atoms with Crippen LogP contribution < -0.4 is 11.1 Å². The summed E-state index contributed by atoms with van der Waals surface area (Å²) in [5.74, 6) is 0.590. The SMILES string of the molecule is CC(C)CNc1cc(Cl)ncc1CN. The molecule has 0 radical (unpaired) electrons. The predicted molar refractivity (Wildman–Crippen MR) is 60.5 cm³/mol. The van der Waals surface area contributed by atoms with Crippen molar-refractivity contribution in [1.29, 1.82) is 0 Å². The van der Waals surface area contributed by atoms with E-state index in [-0.39, 0.29) is 0 Å². The number of hydrogen-bond donors (Lipinski definition) is 2. The van der Waals surface area contributed by atoms with Gasteiger partial charge in [0.25, 0.3) is 0 Å². The van der Waals surface area contributed by atoms with Crippen LogP contribution in [0.4, 0.5) is 5.69 Å². The van der Waals surface area contributed by atoms with E-state index in [1.807, 2.05) is 6.07 Å². The van der Waals surface area contributed by atoms with Gasteiger partial charge in [0.15, 0.2) is 0 Å². The summed E-state index contributed by atoms with van der Waals surface area (Å²) in [7, 11) is 0. The van der Waals surface area contributed by atoms with Crippen molar-refractivity contribution in [3.8, 4) is 0 Å². The number of nitrogens with one attached hydrogen (secondary N) is 1. The highest BCUT2D eigenvalue weighted by atomic mass is 35.5. The Balaban J connectivity index is 2.77. The second-order valence-corrected chi connectivity index (χ2v) is 4.03. The molecule has 0 aliphatic rings. The van der Waals surface area contributed by atoms with Crippen molar-refractivity contribution in [1.82, 2.24) is 4.98 Å². The summed E-state index contributed by atoms with van der Waals surface area (Å²) in [5, 5.41) is 3.79. The second kappa shape index (κ2) is 5.17. The van der Waals surface area contributed by atoms with E-state index in [9.17, 15) is 0 Å². The fraction of sp³-hybridized carbons (Fsp3) is 0.500. The van der Waals surface area contributed by atoms with Crippen LogP contribution in [0.15, 0.2) is 12.3 Å². The molecule has 0 aromatic carbocycles. The largest absolute Gasteiger partial charge is 0.384 e. The molecule has 0 fully saturated rings. The summed E-state index contributed by atoms with van der Waals surface area (Å²) in [6, 6.07) is 1.81. The number of nitrogens with two attached hydrogens (primary N) is 1. The molecule has 0 aliphatic carbocycles. The van der Waals surface area contributed by atoms with E-state index in [4.69, 9.17) is 17.3 Å². The van der Waals surface area contributed by atoms with Gasteiger partial charge in [-0.1, -0.05) is 25.4 Å². The Bertz CT molecular complexity index is 299. The molecule has 0 spiro atoms. The van der Waals surface area contributed by atoms with E-state index in [1.165, 1.54) is 0 Å². The van der Waals surface area contributed by atoms with Crippen molar-refractivity contribution in [3.05, 3.63) is 23.0 Å². The maximum atomic E-state index is 5.80. The summed E-state index contributed by atoms with van der Waals surface area (Å²) in [6.07, 6.45) is 1.71. The number of aromatic nitrogens is 1. The van der Waals surface area contributed by atoms with Crippen LogP contribution in [-0.4, -0.2) is 11.5 Å². The number of pyridine rings is 1. The van der Waals surface area contributed by atoms with E-state index in [0.29, 0.717) is 17.6 Å². The van der Waals surface area contributed by atoms with Crippen LogP contribution >= 0.6 is 11.6 Å². The molecule has 0 saturated heterocycles. The van der Waals surface area contributed by atoms with E-state index in [2.05, 4.69) is 24.1 Å². The van der Waals surface area contributed by atoms with Crippen LogP contribution in [0.5, 0.6) is 0 Å². The average molecular weight is 214 g/mol. The lowest BCUT2D eigenvalue weighted by molar-refractivity contribution is 0.688. The van der Waals surface area contributed by atoms with Crippen LogP contribution in [0, 0.1) is 5.92 Å². The summed E-state index contributed by atoms with van der Waals surface area (Å²) in [4.78, 5) is 3.98. The first-order valence-electron chi connectivity index (χ1n) is 4.72. The number of anilines is 1. The van der Waals surface area contributed by atoms with Crippen molar-refractivity contribution in [3.63, 3.8) is 0 Å². The standard InChI is InChI=1S/C10H16ClN3/c1-7(2)5-13-9-3-10(11)14-6-8(9)4-12/h3,6-7H,4-5,12H2,1-2H3,(H,13,14). The highest BCUT2D eigenvalue weighted by molar-refractivity contribution is 6.29. The predicted octanol–water partition coefficient (Wildman–Crippen LogP) is 2.26.